The molecule has 1 fully saturated rings. The number of fused-ring (bicyclic) bond motifs is 3. The summed E-state index contributed by atoms with van der Waals surface area (Å²) in [5.41, 5.74) is -1.10. The van der Waals surface area contributed by atoms with Crippen molar-refractivity contribution in [3.63, 3.8) is 0 Å². The van der Waals surface area contributed by atoms with Crippen molar-refractivity contribution in [1.82, 2.24) is 4.90 Å². The Morgan fingerprint density at radius 2 is 1.64 bits per heavy atom. The number of ketones is 2. The summed E-state index contributed by atoms with van der Waals surface area (Å²) < 4.78 is 8.88. The third kappa shape index (κ3) is 5.08. The Morgan fingerprint density at radius 3 is 2.10 bits per heavy atom. The first-order chi connectivity index (χ1) is 17.2. The largest absolute Gasteiger partial charge is 0.508 e. The zero-order valence-electron chi connectivity index (χ0n) is 20.6. The van der Waals surface area contributed by atoms with Crippen molar-refractivity contribution < 1.29 is 59.2 Å². The van der Waals surface area contributed by atoms with Gasteiger partial charge in [0, 0.05) is 28.0 Å². The molecule has 4 rings (SSSR count). The molecule has 0 saturated heterocycles. The second-order valence-corrected chi connectivity index (χ2v) is 11.0. The first-order valence-corrected chi connectivity index (χ1v) is 12.8. The number of likely N-dealkylation sites (N-methyl/N-ethyl adjacent to an activating group) is 1. The van der Waals surface area contributed by atoms with E-state index in [1.807, 2.05) is 0 Å². The van der Waals surface area contributed by atoms with E-state index in [4.69, 9.17) is 36.6 Å². The van der Waals surface area contributed by atoms with Gasteiger partial charge in [-0.1, -0.05) is 11.6 Å². The molecule has 0 bridgehead atoms. The van der Waals surface area contributed by atoms with Crippen LogP contribution in [0.3, 0.4) is 0 Å². The topological polar surface area (TPSA) is 259 Å². The van der Waals surface area contributed by atoms with Gasteiger partial charge in [-0.05, 0) is 39.6 Å². The van der Waals surface area contributed by atoms with Crippen molar-refractivity contribution in [1.29, 1.82) is 0 Å². The highest BCUT2D eigenvalue weighted by atomic mass is 35.5. The third-order valence-electron chi connectivity index (χ3n) is 7.07. The molecule has 17 heteroatoms. The summed E-state index contributed by atoms with van der Waals surface area (Å²) in [6.45, 7) is 1.34. The minimum absolute atomic E-state index is 0. The number of carbonyl (C=O) groups excluding carboxylic acids is 3. The van der Waals surface area contributed by atoms with Crippen molar-refractivity contribution >= 4 is 55.1 Å². The Kier molecular flexibility index (Phi) is 8.77. The summed E-state index contributed by atoms with van der Waals surface area (Å²) in [4.78, 5) is 61.6. The number of hydrogen-bond acceptors (Lipinski definition) is 10. The molecule has 3 aliphatic rings. The average Bonchev–Trinajstić information content (AvgIpc) is 2.74. The predicted octanol–water partition coefficient (Wildman–Crippen LogP) is -0.224. The minimum Gasteiger partial charge on any atom is -0.508 e. The van der Waals surface area contributed by atoms with Gasteiger partial charge in [0.05, 0.1) is 17.2 Å². The van der Waals surface area contributed by atoms with E-state index in [0.717, 1.165) is 0 Å². The van der Waals surface area contributed by atoms with E-state index in [-0.39, 0.29) is 35.0 Å². The van der Waals surface area contributed by atoms with Gasteiger partial charge in [0.25, 0.3) is 5.91 Å². The van der Waals surface area contributed by atoms with Gasteiger partial charge >= 0.3 is 7.82 Å². The first kappa shape index (κ1) is 32.7. The number of primary amides is 1. The summed E-state index contributed by atoms with van der Waals surface area (Å²) in [5.74, 6) is -8.30. The zero-order valence-corrected chi connectivity index (χ0v) is 23.0. The molecule has 0 unspecified atom stereocenters. The molecule has 0 aromatic heterocycles. The molecule has 10 N–H and O–H groups in total. The molecule has 1 saturated carbocycles. The van der Waals surface area contributed by atoms with E-state index < -0.39 is 82.8 Å². The van der Waals surface area contributed by atoms with E-state index in [9.17, 15) is 39.9 Å². The van der Waals surface area contributed by atoms with E-state index in [1.165, 1.54) is 38.1 Å². The number of benzene rings is 1. The molecule has 1 amide bonds. The summed E-state index contributed by atoms with van der Waals surface area (Å²) in [6.07, 6.45) is -0.259. The molecule has 0 radical (unpaired) electrons. The minimum atomic E-state index is -4.64. The van der Waals surface area contributed by atoms with Crippen molar-refractivity contribution in [2.45, 2.75) is 30.6 Å². The van der Waals surface area contributed by atoms with Crippen LogP contribution in [0.25, 0.3) is 5.76 Å². The molecule has 216 valence electrons. The first-order valence-electron chi connectivity index (χ1n) is 10.9. The van der Waals surface area contributed by atoms with Crippen LogP contribution in [0.5, 0.6) is 5.75 Å². The second-order valence-electron chi connectivity index (χ2n) is 9.59. The van der Waals surface area contributed by atoms with Gasteiger partial charge in [-0.15, -0.1) is 12.4 Å². The van der Waals surface area contributed by atoms with E-state index in [2.05, 4.69) is 0 Å². The summed E-state index contributed by atoms with van der Waals surface area (Å²) in [7, 11) is -1.67. The van der Waals surface area contributed by atoms with Crippen LogP contribution >= 0.6 is 31.8 Å². The number of halogens is 2. The number of aliphatic hydroxyl groups excluding tert-OH is 2. The van der Waals surface area contributed by atoms with Crippen molar-refractivity contribution in [2.24, 2.45) is 17.6 Å². The Hall–Kier alpha value is -2.52. The van der Waals surface area contributed by atoms with Crippen LogP contribution in [0.2, 0.25) is 5.02 Å². The van der Waals surface area contributed by atoms with Crippen LogP contribution in [-0.2, 0) is 24.5 Å². The smallest absolute Gasteiger partial charge is 0.466 e. The quantitative estimate of drug-likeness (QED) is 0.155. The Balaban J connectivity index is 0.000000816. The molecule has 3 aliphatic carbocycles. The van der Waals surface area contributed by atoms with Gasteiger partial charge in [-0.3, -0.25) is 19.3 Å². The lowest BCUT2D eigenvalue weighted by Crippen LogP contribution is -2.67. The summed E-state index contributed by atoms with van der Waals surface area (Å²) >= 11 is 6.28. The maximum absolute atomic E-state index is 13.7. The number of rotatable bonds is 2. The van der Waals surface area contributed by atoms with Crippen molar-refractivity contribution in [3.8, 4) is 5.75 Å². The molecular weight excluding hydrogens is 586 g/mol. The highest BCUT2D eigenvalue weighted by Crippen LogP contribution is 2.58. The summed E-state index contributed by atoms with van der Waals surface area (Å²) in [5, 5.41) is 55.2. The molecule has 1 aromatic carbocycles. The number of aliphatic hydroxyl groups is 4. The number of Topliss-reactive ketones (excluding diaryl/α,β-unsaturated/α-hetero) is 2. The van der Waals surface area contributed by atoms with Crippen LogP contribution in [0, 0.1) is 11.8 Å². The second kappa shape index (κ2) is 10.5. The van der Waals surface area contributed by atoms with Gasteiger partial charge < -0.3 is 45.9 Å². The maximum atomic E-state index is 13.7. The Bertz CT molecular complexity index is 1360. The normalized spacial score (nSPS) is 30.1. The zero-order chi connectivity index (χ0) is 29.3. The highest BCUT2D eigenvalue weighted by molar-refractivity contribution is 7.45. The van der Waals surface area contributed by atoms with Crippen LogP contribution in [0.15, 0.2) is 29.0 Å². The molecule has 5 atom stereocenters. The molecule has 14 nitrogen and oxygen atoms in total. The number of nitrogens with zero attached hydrogens (tertiary/aromatic N) is 1. The van der Waals surface area contributed by atoms with E-state index in [0.29, 0.717) is 0 Å². The molecule has 0 spiro atoms. The number of phosphoric acid groups is 1. The Morgan fingerprint density at radius 1 is 1.13 bits per heavy atom. The lowest BCUT2D eigenvalue weighted by atomic mass is 9.54. The fraction of sp³-hybridized carbons (Fsp3) is 0.409. The predicted molar refractivity (Wildman–Crippen MR) is 137 cm³/mol. The van der Waals surface area contributed by atoms with Crippen LogP contribution in [0.1, 0.15) is 24.5 Å². The van der Waals surface area contributed by atoms with Gasteiger partial charge in [0.1, 0.15) is 22.8 Å². The van der Waals surface area contributed by atoms with Crippen molar-refractivity contribution in [3.05, 3.63) is 45.2 Å². The monoisotopic (exact) mass is 612 g/mol. The lowest BCUT2D eigenvalue weighted by molar-refractivity contribution is -0.159. The number of phenols is 1. The molecule has 0 aliphatic heterocycles. The van der Waals surface area contributed by atoms with Crippen LogP contribution in [0.4, 0.5) is 0 Å². The van der Waals surface area contributed by atoms with Gasteiger partial charge in [-0.25, -0.2) is 4.57 Å². The van der Waals surface area contributed by atoms with Gasteiger partial charge in [0.15, 0.2) is 11.4 Å². The van der Waals surface area contributed by atoms with Crippen molar-refractivity contribution in [2.75, 3.05) is 14.1 Å². The molecular formula is C22H27Cl2N2O12P. The average molecular weight is 613 g/mol. The van der Waals surface area contributed by atoms with Crippen LogP contribution < -0.4 is 5.73 Å². The number of carbonyl (C=O) groups is 3. The fourth-order valence-electron chi connectivity index (χ4n) is 5.58. The number of aromatic hydroxyl groups is 1. The van der Waals surface area contributed by atoms with Gasteiger partial charge in [-0.2, -0.15) is 0 Å². The SMILES string of the molecule is CN(C)[C@@H]1C(=O)C(C(N)=O)=C(O)[C@@]2(O)C(=O)C3=C(O)c4c(O)ccc(Cl)c4[C@@](C)(O)[C@H]3C[C@@H]12.Cl.O=P(O)(O)O. The fourth-order valence-corrected chi connectivity index (χ4v) is 5.93. The number of hydrogen-bond donors (Lipinski definition) is 9. The third-order valence-corrected chi connectivity index (χ3v) is 7.39. The maximum Gasteiger partial charge on any atom is 0.466 e. The Labute approximate surface area is 232 Å². The number of phenolic OH excluding ortho intramolecular Hbond substituents is 1. The standard InChI is InChI=1S/C22H23ClN2O8.ClH.H3O4P/c1-21(32)7-6-8-15(25(2)3)17(28)13(20(24)31)19(30)22(8,33)18(29)11(7)16(27)12-10(26)5-4-9(23)14(12)21;;1-5(2,3)4/h4-5,7-8,15,26-27,30,32-33H,6H2,1-3H3,(H2,24,31);1H;(H3,1,2,3,4)/t7-,8-,15-,21-,22-;;/m0../s1. The highest BCUT2D eigenvalue weighted by Gasteiger charge is 2.66. The summed E-state index contributed by atoms with van der Waals surface area (Å²) in [6, 6.07) is 1.24. The van der Waals surface area contributed by atoms with E-state index in [1.54, 1.807) is 0 Å². The van der Waals surface area contributed by atoms with E-state index >= 15 is 0 Å². The lowest BCUT2D eigenvalue weighted by Gasteiger charge is -2.53. The van der Waals surface area contributed by atoms with Gasteiger partial charge in [0.2, 0.25) is 5.78 Å². The molecule has 1 aromatic rings. The number of amides is 1. The van der Waals surface area contributed by atoms with Crippen LogP contribution in [-0.4, -0.2) is 88.3 Å². The molecule has 39 heavy (non-hydrogen) atoms. The number of nitrogens with two attached hydrogens (primary N) is 1. The molecule has 0 heterocycles.